The summed E-state index contributed by atoms with van der Waals surface area (Å²) in [7, 11) is 0. The smallest absolute Gasteiger partial charge is 0.170 e. The van der Waals surface area contributed by atoms with E-state index in [9.17, 15) is 9.18 Å². The molecule has 3 aliphatic carbocycles. The van der Waals surface area contributed by atoms with Gasteiger partial charge in [0.25, 0.3) is 0 Å². The number of hydrogen-bond acceptors (Lipinski definition) is 4. The average molecular weight is 420 g/mol. The van der Waals surface area contributed by atoms with Crippen molar-refractivity contribution in [1.29, 1.82) is 0 Å². The first-order valence-corrected chi connectivity index (χ1v) is 11.6. The minimum absolute atomic E-state index is 0.0161. The normalized spacial score (nSPS) is 23.1. The summed E-state index contributed by atoms with van der Waals surface area (Å²) in [5.41, 5.74) is 12.1. The predicted molar refractivity (Wildman–Crippen MR) is 122 cm³/mol. The number of allylic oxidation sites excluding steroid dienone is 1. The number of hydrogen-bond donors (Lipinski definition) is 2. The number of pyridine rings is 1. The van der Waals surface area contributed by atoms with E-state index in [2.05, 4.69) is 11.4 Å². The summed E-state index contributed by atoms with van der Waals surface area (Å²) in [6.07, 6.45) is 13.1. The summed E-state index contributed by atoms with van der Waals surface area (Å²) < 4.78 is 13.3. The van der Waals surface area contributed by atoms with E-state index >= 15 is 0 Å². The number of nitrogens with two attached hydrogens (primary N) is 1. The number of fused-ring (bicyclic) bond motifs is 1. The molecule has 0 aliphatic heterocycles. The first-order valence-electron chi connectivity index (χ1n) is 11.6. The maximum atomic E-state index is 13.3. The Morgan fingerprint density at radius 3 is 2.52 bits per heavy atom. The third-order valence-corrected chi connectivity index (χ3v) is 7.23. The molecule has 0 saturated heterocycles. The van der Waals surface area contributed by atoms with E-state index in [-0.39, 0.29) is 24.1 Å². The first kappa shape index (κ1) is 20.4. The fourth-order valence-corrected chi connectivity index (χ4v) is 5.05. The summed E-state index contributed by atoms with van der Waals surface area (Å²) in [6, 6.07) is 6.77. The van der Waals surface area contributed by atoms with Crippen LogP contribution < -0.4 is 11.1 Å². The van der Waals surface area contributed by atoms with Gasteiger partial charge in [-0.2, -0.15) is 0 Å². The van der Waals surface area contributed by atoms with Crippen molar-refractivity contribution in [2.75, 3.05) is 5.32 Å². The molecule has 0 atom stereocenters. The van der Waals surface area contributed by atoms with Gasteiger partial charge in [0.15, 0.2) is 5.78 Å². The number of nitrogens with zero attached hydrogens (tertiary/aromatic N) is 1. The van der Waals surface area contributed by atoms with Crippen LogP contribution in [-0.2, 0) is 12.8 Å². The van der Waals surface area contributed by atoms with Gasteiger partial charge in [-0.05, 0) is 62.1 Å². The highest BCUT2D eigenvalue weighted by Crippen LogP contribution is 2.42. The lowest BCUT2D eigenvalue weighted by atomic mass is 9.79. The SMILES string of the molecule is NC1CCC(Nc2c(C(=O)Cc3ccc(F)cc3)cnc3c2C=C(C2CCC2)C3)CC1. The van der Waals surface area contributed by atoms with Crippen molar-refractivity contribution in [3.63, 3.8) is 0 Å². The molecule has 5 rings (SSSR count). The molecule has 3 N–H and O–H groups in total. The second kappa shape index (κ2) is 8.54. The lowest BCUT2D eigenvalue weighted by Crippen LogP contribution is -2.33. The standard InChI is InChI=1S/C26H30FN3O/c27-19-6-4-16(5-7-19)12-25(31)23-15-29-24-14-18(17-2-1-3-17)13-22(24)26(23)30-21-10-8-20(28)9-11-21/h4-7,13,15,17,20-21H,1-3,8-12,14,28H2,(H,29,30). The van der Waals surface area contributed by atoms with E-state index < -0.39 is 0 Å². The van der Waals surface area contributed by atoms with Crippen LogP contribution in [0.15, 0.2) is 36.0 Å². The minimum atomic E-state index is -0.290. The van der Waals surface area contributed by atoms with Crippen LogP contribution in [0.4, 0.5) is 10.1 Å². The molecule has 1 aromatic heterocycles. The van der Waals surface area contributed by atoms with E-state index in [0.29, 0.717) is 17.5 Å². The maximum absolute atomic E-state index is 13.3. The molecule has 1 aromatic carbocycles. The molecule has 0 amide bonds. The molecule has 2 aromatic rings. The van der Waals surface area contributed by atoms with E-state index in [1.807, 2.05) is 0 Å². The second-order valence-corrected chi connectivity index (χ2v) is 9.41. The van der Waals surface area contributed by atoms with E-state index in [0.717, 1.165) is 54.6 Å². The van der Waals surface area contributed by atoms with Crippen molar-refractivity contribution in [3.05, 3.63) is 64.2 Å². The number of rotatable bonds is 6. The van der Waals surface area contributed by atoms with Crippen molar-refractivity contribution >= 4 is 17.5 Å². The Kier molecular flexibility index (Phi) is 5.61. The third kappa shape index (κ3) is 4.29. The number of halogens is 1. The molecule has 3 aliphatic rings. The van der Waals surface area contributed by atoms with E-state index in [1.54, 1.807) is 18.3 Å². The number of Topliss-reactive ketones (excluding diaryl/α,β-unsaturated/α-hetero) is 1. The lowest BCUT2D eigenvalue weighted by Gasteiger charge is -2.29. The van der Waals surface area contributed by atoms with Crippen LogP contribution in [0.25, 0.3) is 6.08 Å². The van der Waals surface area contributed by atoms with Crippen LogP contribution in [0, 0.1) is 11.7 Å². The number of nitrogens with one attached hydrogen (secondary N) is 1. The molecule has 31 heavy (non-hydrogen) atoms. The predicted octanol–water partition coefficient (Wildman–Crippen LogP) is 5.07. The van der Waals surface area contributed by atoms with Crippen LogP contribution >= 0.6 is 0 Å². The Bertz CT molecular complexity index is 1000. The zero-order chi connectivity index (χ0) is 21.4. The topological polar surface area (TPSA) is 68.0 Å². The molecule has 0 unspecified atom stereocenters. The van der Waals surface area contributed by atoms with Gasteiger partial charge in [-0.1, -0.05) is 30.2 Å². The molecule has 162 valence electrons. The van der Waals surface area contributed by atoms with Gasteiger partial charge < -0.3 is 11.1 Å². The lowest BCUT2D eigenvalue weighted by molar-refractivity contribution is 0.0993. The van der Waals surface area contributed by atoms with Gasteiger partial charge in [0, 0.05) is 36.7 Å². The van der Waals surface area contributed by atoms with Gasteiger partial charge in [-0.15, -0.1) is 0 Å². The van der Waals surface area contributed by atoms with Gasteiger partial charge >= 0.3 is 0 Å². The van der Waals surface area contributed by atoms with Gasteiger partial charge in [0.2, 0.25) is 0 Å². The summed E-state index contributed by atoms with van der Waals surface area (Å²) in [5, 5.41) is 3.72. The molecule has 0 spiro atoms. The average Bonchev–Trinajstić information content (AvgIpc) is 3.14. The molecule has 2 fully saturated rings. The largest absolute Gasteiger partial charge is 0.381 e. The zero-order valence-electron chi connectivity index (χ0n) is 17.9. The number of anilines is 1. The first-order chi connectivity index (χ1) is 15.1. The van der Waals surface area contributed by atoms with Crippen molar-refractivity contribution in [2.24, 2.45) is 11.7 Å². The van der Waals surface area contributed by atoms with Crippen LogP contribution in [0.1, 0.15) is 72.1 Å². The second-order valence-electron chi connectivity index (χ2n) is 9.41. The van der Waals surface area contributed by atoms with Crippen molar-refractivity contribution in [2.45, 2.75) is 69.9 Å². The maximum Gasteiger partial charge on any atom is 0.170 e. The van der Waals surface area contributed by atoms with Gasteiger partial charge in [-0.3, -0.25) is 9.78 Å². The Morgan fingerprint density at radius 2 is 1.84 bits per heavy atom. The van der Waals surface area contributed by atoms with Gasteiger partial charge in [0.05, 0.1) is 16.9 Å². The Labute approximate surface area is 183 Å². The summed E-state index contributed by atoms with van der Waals surface area (Å²) >= 11 is 0. The third-order valence-electron chi connectivity index (χ3n) is 7.23. The quantitative estimate of drug-likeness (QED) is 0.642. The molecule has 2 saturated carbocycles. The molecule has 0 radical (unpaired) electrons. The number of benzene rings is 1. The number of aromatic nitrogens is 1. The zero-order valence-corrected chi connectivity index (χ0v) is 17.9. The van der Waals surface area contributed by atoms with E-state index in [4.69, 9.17) is 10.7 Å². The van der Waals surface area contributed by atoms with Gasteiger partial charge in [-0.25, -0.2) is 4.39 Å². The molecule has 5 heteroatoms. The summed E-state index contributed by atoms with van der Waals surface area (Å²) in [4.78, 5) is 18.0. The van der Waals surface area contributed by atoms with Crippen molar-refractivity contribution < 1.29 is 9.18 Å². The summed E-state index contributed by atoms with van der Waals surface area (Å²) in [5.74, 6) is 0.400. The van der Waals surface area contributed by atoms with Crippen molar-refractivity contribution in [3.8, 4) is 0 Å². The molecule has 4 nitrogen and oxygen atoms in total. The molecular weight excluding hydrogens is 389 g/mol. The summed E-state index contributed by atoms with van der Waals surface area (Å²) in [6.45, 7) is 0. The van der Waals surface area contributed by atoms with Gasteiger partial charge in [0.1, 0.15) is 5.82 Å². The highest BCUT2D eigenvalue weighted by Gasteiger charge is 2.30. The highest BCUT2D eigenvalue weighted by atomic mass is 19.1. The molecule has 1 heterocycles. The Morgan fingerprint density at radius 1 is 1.10 bits per heavy atom. The molecule has 0 bridgehead atoms. The number of carbonyl (C=O) groups is 1. The fraction of sp³-hybridized carbons (Fsp3) is 0.462. The van der Waals surface area contributed by atoms with Crippen LogP contribution in [-0.4, -0.2) is 22.9 Å². The van der Waals surface area contributed by atoms with Crippen LogP contribution in [0.3, 0.4) is 0 Å². The monoisotopic (exact) mass is 419 g/mol. The number of ketones is 1. The fourth-order valence-electron chi connectivity index (χ4n) is 5.05. The molecular formula is C26H30FN3O. The Hall–Kier alpha value is -2.53. The number of carbonyl (C=O) groups excluding carboxylic acids is 1. The van der Waals surface area contributed by atoms with Crippen LogP contribution in [0.5, 0.6) is 0 Å². The minimum Gasteiger partial charge on any atom is -0.381 e. The van der Waals surface area contributed by atoms with Crippen molar-refractivity contribution in [1.82, 2.24) is 4.98 Å². The highest BCUT2D eigenvalue weighted by molar-refractivity contribution is 6.04. The van der Waals surface area contributed by atoms with Crippen LogP contribution in [0.2, 0.25) is 0 Å². The van der Waals surface area contributed by atoms with E-state index in [1.165, 1.54) is 37.0 Å². The Balaban J connectivity index is 1.46.